The molecule has 0 radical (unpaired) electrons. The van der Waals surface area contributed by atoms with Crippen LogP contribution in [0.15, 0.2) is 45.7 Å². The van der Waals surface area contributed by atoms with Crippen molar-refractivity contribution >= 4 is 44.2 Å². The van der Waals surface area contributed by atoms with Crippen LogP contribution in [-0.4, -0.2) is 25.2 Å². The van der Waals surface area contributed by atoms with E-state index >= 15 is 0 Å². The first-order chi connectivity index (χ1) is 12.2. The number of thioether (sulfide) groups is 1. The first kappa shape index (κ1) is 18.5. The van der Waals surface area contributed by atoms with Gasteiger partial charge in [-0.3, -0.25) is 4.79 Å². The van der Waals surface area contributed by atoms with Gasteiger partial charge >= 0.3 is 0 Å². The SMILES string of the molecule is Cc1ccc2c(c1)NC(SCC(=O)Nc1ccc(C)c(C)c1)=NS2(=O)=O. The summed E-state index contributed by atoms with van der Waals surface area (Å²) in [5, 5.41) is 5.98. The van der Waals surface area contributed by atoms with Crippen LogP contribution in [-0.2, 0) is 14.8 Å². The summed E-state index contributed by atoms with van der Waals surface area (Å²) in [6.07, 6.45) is 0. The summed E-state index contributed by atoms with van der Waals surface area (Å²) in [6, 6.07) is 10.7. The maximum absolute atomic E-state index is 12.3. The van der Waals surface area contributed by atoms with Gasteiger partial charge in [0.15, 0.2) is 5.17 Å². The van der Waals surface area contributed by atoms with Crippen molar-refractivity contribution in [1.29, 1.82) is 0 Å². The average Bonchev–Trinajstić information content (AvgIpc) is 2.55. The molecule has 1 aliphatic rings. The predicted molar refractivity (Wildman–Crippen MR) is 106 cm³/mol. The van der Waals surface area contributed by atoms with Crippen molar-refractivity contribution in [1.82, 2.24) is 0 Å². The van der Waals surface area contributed by atoms with Crippen molar-refractivity contribution in [3.8, 4) is 0 Å². The summed E-state index contributed by atoms with van der Waals surface area (Å²) >= 11 is 1.05. The quantitative estimate of drug-likeness (QED) is 0.839. The number of sulfonamides is 1. The van der Waals surface area contributed by atoms with Crippen LogP contribution in [0.25, 0.3) is 0 Å². The second-order valence-corrected chi connectivity index (χ2v) is 8.67. The van der Waals surface area contributed by atoms with E-state index < -0.39 is 10.0 Å². The van der Waals surface area contributed by atoms with Crippen molar-refractivity contribution in [2.75, 3.05) is 16.4 Å². The molecule has 0 fully saturated rings. The Bertz CT molecular complexity index is 1010. The highest BCUT2D eigenvalue weighted by molar-refractivity contribution is 8.15. The van der Waals surface area contributed by atoms with Crippen LogP contribution in [0.5, 0.6) is 0 Å². The molecule has 2 N–H and O–H groups in total. The van der Waals surface area contributed by atoms with E-state index in [9.17, 15) is 13.2 Å². The van der Waals surface area contributed by atoms with Crippen LogP contribution < -0.4 is 10.6 Å². The first-order valence-corrected chi connectivity index (χ1v) is 10.4. The molecule has 0 spiro atoms. The molecule has 26 heavy (non-hydrogen) atoms. The Morgan fingerprint density at radius 2 is 1.88 bits per heavy atom. The molecule has 3 rings (SSSR count). The first-order valence-electron chi connectivity index (χ1n) is 7.97. The molecule has 136 valence electrons. The van der Waals surface area contributed by atoms with E-state index in [0.29, 0.717) is 11.4 Å². The van der Waals surface area contributed by atoms with Gasteiger partial charge in [0.25, 0.3) is 10.0 Å². The van der Waals surface area contributed by atoms with Gasteiger partial charge < -0.3 is 10.6 Å². The Hall–Kier alpha value is -2.32. The summed E-state index contributed by atoms with van der Waals surface area (Å²) in [7, 11) is -3.75. The van der Waals surface area contributed by atoms with E-state index in [1.54, 1.807) is 12.1 Å². The van der Waals surface area contributed by atoms with E-state index in [1.165, 1.54) is 6.07 Å². The molecule has 0 unspecified atom stereocenters. The number of amidine groups is 1. The zero-order chi connectivity index (χ0) is 18.9. The zero-order valence-electron chi connectivity index (χ0n) is 14.7. The molecule has 0 saturated heterocycles. The van der Waals surface area contributed by atoms with E-state index in [2.05, 4.69) is 15.0 Å². The second kappa shape index (κ2) is 7.13. The number of nitrogens with zero attached hydrogens (tertiary/aromatic N) is 1. The molecular formula is C18H19N3O3S2. The molecule has 1 heterocycles. The van der Waals surface area contributed by atoms with Crippen molar-refractivity contribution in [2.24, 2.45) is 4.40 Å². The molecule has 0 aromatic heterocycles. The lowest BCUT2D eigenvalue weighted by molar-refractivity contribution is -0.113. The van der Waals surface area contributed by atoms with Crippen LogP contribution in [0, 0.1) is 20.8 Å². The van der Waals surface area contributed by atoms with Crippen LogP contribution in [0.2, 0.25) is 0 Å². The molecule has 1 aliphatic heterocycles. The highest BCUT2D eigenvalue weighted by Crippen LogP contribution is 2.30. The van der Waals surface area contributed by atoms with Crippen LogP contribution in [0.4, 0.5) is 11.4 Å². The number of anilines is 2. The number of carbonyl (C=O) groups excluding carboxylic acids is 1. The number of rotatable bonds is 3. The number of carbonyl (C=O) groups is 1. The van der Waals surface area contributed by atoms with Crippen molar-refractivity contribution in [3.05, 3.63) is 53.1 Å². The van der Waals surface area contributed by atoms with Gasteiger partial charge in [0.2, 0.25) is 5.91 Å². The third-order valence-corrected chi connectivity index (χ3v) is 6.31. The number of hydrogen-bond acceptors (Lipinski definition) is 5. The Balaban J connectivity index is 1.67. The maximum atomic E-state index is 12.3. The van der Waals surface area contributed by atoms with E-state index in [-0.39, 0.29) is 21.7 Å². The van der Waals surface area contributed by atoms with Crippen LogP contribution in [0.3, 0.4) is 0 Å². The van der Waals surface area contributed by atoms with Gasteiger partial charge in [-0.05, 0) is 61.7 Å². The molecule has 1 amide bonds. The minimum Gasteiger partial charge on any atom is -0.333 e. The van der Waals surface area contributed by atoms with Gasteiger partial charge in [0.1, 0.15) is 4.90 Å². The van der Waals surface area contributed by atoms with E-state index in [4.69, 9.17) is 0 Å². The van der Waals surface area contributed by atoms with Gasteiger partial charge in [-0.25, -0.2) is 0 Å². The Labute approximate surface area is 157 Å². The molecule has 0 atom stereocenters. The lowest BCUT2D eigenvalue weighted by Gasteiger charge is -2.18. The van der Waals surface area contributed by atoms with Crippen molar-refractivity contribution in [3.63, 3.8) is 0 Å². The fourth-order valence-electron chi connectivity index (χ4n) is 2.48. The minimum absolute atomic E-state index is 0.0510. The molecule has 0 aliphatic carbocycles. The van der Waals surface area contributed by atoms with Gasteiger partial charge in [0, 0.05) is 5.69 Å². The fourth-order valence-corrected chi connectivity index (χ4v) is 4.49. The number of amides is 1. The summed E-state index contributed by atoms with van der Waals surface area (Å²) < 4.78 is 28.3. The fraction of sp³-hybridized carbons (Fsp3) is 0.222. The van der Waals surface area contributed by atoms with Crippen LogP contribution >= 0.6 is 11.8 Å². The molecule has 0 bridgehead atoms. The molecule has 6 nitrogen and oxygen atoms in total. The molecule has 2 aromatic carbocycles. The number of nitrogens with one attached hydrogen (secondary N) is 2. The van der Waals surface area contributed by atoms with E-state index in [0.717, 1.165) is 28.5 Å². The monoisotopic (exact) mass is 389 g/mol. The average molecular weight is 390 g/mol. The van der Waals surface area contributed by atoms with Gasteiger partial charge in [0.05, 0.1) is 11.4 Å². The summed E-state index contributed by atoms with van der Waals surface area (Å²) in [5.74, 6) is -0.176. The number of hydrogen-bond donors (Lipinski definition) is 2. The highest BCUT2D eigenvalue weighted by Gasteiger charge is 2.25. The summed E-state index contributed by atoms with van der Waals surface area (Å²) in [4.78, 5) is 12.3. The molecule has 2 aromatic rings. The zero-order valence-corrected chi connectivity index (χ0v) is 16.3. The third kappa shape index (κ3) is 4.08. The third-order valence-electron chi connectivity index (χ3n) is 3.99. The summed E-state index contributed by atoms with van der Waals surface area (Å²) in [6.45, 7) is 5.86. The topological polar surface area (TPSA) is 87.6 Å². The standard InChI is InChI=1S/C18H19N3O3S2/c1-11-4-7-16-15(8-11)20-18(21-26(16,23)24)25-10-17(22)19-14-6-5-12(2)13(3)9-14/h4-9H,10H2,1-3H3,(H,19,22)(H,20,21). The second-order valence-electron chi connectivity index (χ2n) is 6.13. The van der Waals surface area contributed by atoms with Gasteiger partial charge in [-0.2, -0.15) is 8.42 Å². The van der Waals surface area contributed by atoms with Gasteiger partial charge in [-0.15, -0.1) is 4.40 Å². The predicted octanol–water partition coefficient (Wildman–Crippen LogP) is 3.45. The highest BCUT2D eigenvalue weighted by atomic mass is 32.2. The maximum Gasteiger partial charge on any atom is 0.286 e. The molecular weight excluding hydrogens is 370 g/mol. The van der Waals surface area contributed by atoms with Crippen molar-refractivity contribution in [2.45, 2.75) is 25.7 Å². The summed E-state index contributed by atoms with van der Waals surface area (Å²) in [5.41, 5.74) is 4.37. The lowest BCUT2D eigenvalue weighted by atomic mass is 10.1. The Morgan fingerprint density at radius 3 is 2.62 bits per heavy atom. The largest absolute Gasteiger partial charge is 0.333 e. The minimum atomic E-state index is -3.75. The number of aryl methyl sites for hydroxylation is 3. The lowest BCUT2D eigenvalue weighted by Crippen LogP contribution is -2.22. The number of benzene rings is 2. The smallest absolute Gasteiger partial charge is 0.286 e. The molecule has 0 saturated carbocycles. The Kier molecular flexibility index (Phi) is 5.06. The molecule has 8 heteroatoms. The van der Waals surface area contributed by atoms with Crippen LogP contribution in [0.1, 0.15) is 16.7 Å². The Morgan fingerprint density at radius 1 is 1.12 bits per heavy atom. The van der Waals surface area contributed by atoms with E-state index in [1.807, 2.05) is 39.0 Å². The number of fused-ring (bicyclic) bond motifs is 1. The van der Waals surface area contributed by atoms with Crippen molar-refractivity contribution < 1.29 is 13.2 Å². The van der Waals surface area contributed by atoms with Gasteiger partial charge in [-0.1, -0.05) is 23.9 Å². The normalized spacial score (nSPS) is 14.8.